The van der Waals surface area contributed by atoms with Crippen LogP contribution < -0.4 is 14.9 Å². The van der Waals surface area contributed by atoms with E-state index in [1.165, 1.54) is 11.8 Å². The third-order valence-corrected chi connectivity index (χ3v) is 6.30. The Bertz CT molecular complexity index is 1510. The third-order valence-electron chi connectivity index (χ3n) is 5.48. The van der Waals surface area contributed by atoms with E-state index in [1.54, 1.807) is 13.3 Å². The highest BCUT2D eigenvalue weighted by molar-refractivity contribution is 7.99. The number of nitrogens with one attached hydrogen (secondary N) is 1. The summed E-state index contributed by atoms with van der Waals surface area (Å²) in [6, 6.07) is 27.3. The summed E-state index contributed by atoms with van der Waals surface area (Å²) in [4.78, 5) is 16.6. The quantitative estimate of drug-likeness (QED) is 0.157. The number of para-hydroxylation sites is 3. The third kappa shape index (κ3) is 5.34. The summed E-state index contributed by atoms with van der Waals surface area (Å²) >= 11 is 1.21. The standard InChI is InChI=1S/C28H23N3O4S/c1-33-25-15-7-10-20(27(25)34-17-21-11-6-9-19-8-2-3-12-22(19)21)16-29-31-26(32)18-36-28-30-23-13-4-5-14-24(23)35-28/h2-16H,17-18H2,1H3,(H,31,32)/b29-16-. The molecule has 0 unspecified atom stereocenters. The molecule has 1 N–H and O–H groups in total. The predicted octanol–water partition coefficient (Wildman–Crippen LogP) is 5.81. The van der Waals surface area contributed by atoms with Gasteiger partial charge >= 0.3 is 0 Å². The number of carbonyl (C=O) groups is 1. The molecule has 4 aromatic carbocycles. The van der Waals surface area contributed by atoms with Crippen LogP contribution in [0.1, 0.15) is 11.1 Å². The highest BCUT2D eigenvalue weighted by atomic mass is 32.2. The first kappa shape index (κ1) is 23.4. The second kappa shape index (κ2) is 11.0. The lowest BCUT2D eigenvalue weighted by Gasteiger charge is -2.14. The monoisotopic (exact) mass is 497 g/mol. The van der Waals surface area contributed by atoms with Gasteiger partial charge in [0, 0.05) is 5.56 Å². The molecule has 0 aliphatic heterocycles. The van der Waals surface area contributed by atoms with Gasteiger partial charge in [-0.15, -0.1) is 0 Å². The Morgan fingerprint density at radius 3 is 2.72 bits per heavy atom. The average molecular weight is 498 g/mol. The van der Waals surface area contributed by atoms with Crippen molar-refractivity contribution in [1.82, 2.24) is 10.4 Å². The van der Waals surface area contributed by atoms with Crippen LogP contribution >= 0.6 is 11.8 Å². The van der Waals surface area contributed by atoms with Gasteiger partial charge in [-0.25, -0.2) is 10.4 Å². The van der Waals surface area contributed by atoms with E-state index in [0.29, 0.717) is 34.5 Å². The Morgan fingerprint density at radius 1 is 1.03 bits per heavy atom. The van der Waals surface area contributed by atoms with E-state index in [-0.39, 0.29) is 11.7 Å². The molecule has 0 fully saturated rings. The summed E-state index contributed by atoms with van der Waals surface area (Å²) in [7, 11) is 1.59. The number of ether oxygens (including phenoxy) is 2. The Labute approximate surface area is 212 Å². The van der Waals surface area contributed by atoms with Crippen molar-refractivity contribution in [3.63, 3.8) is 0 Å². The van der Waals surface area contributed by atoms with Crippen LogP contribution in [0, 0.1) is 0 Å². The number of amides is 1. The number of hydrogen-bond acceptors (Lipinski definition) is 7. The number of oxazole rings is 1. The second-order valence-electron chi connectivity index (χ2n) is 7.83. The van der Waals surface area contributed by atoms with Gasteiger partial charge < -0.3 is 13.9 Å². The van der Waals surface area contributed by atoms with Crippen molar-refractivity contribution in [3.8, 4) is 11.5 Å². The Morgan fingerprint density at radius 2 is 1.83 bits per heavy atom. The molecule has 0 saturated carbocycles. The molecular weight excluding hydrogens is 474 g/mol. The summed E-state index contributed by atoms with van der Waals surface area (Å²) in [5, 5.41) is 6.84. The molecule has 0 saturated heterocycles. The molecule has 0 atom stereocenters. The lowest BCUT2D eigenvalue weighted by molar-refractivity contribution is -0.118. The minimum Gasteiger partial charge on any atom is -0.493 e. The number of fused-ring (bicyclic) bond motifs is 2. The van der Waals surface area contributed by atoms with Gasteiger partial charge in [0.05, 0.1) is 19.1 Å². The summed E-state index contributed by atoms with van der Waals surface area (Å²) < 4.78 is 17.3. The molecule has 1 aromatic heterocycles. The van der Waals surface area contributed by atoms with Crippen molar-refractivity contribution in [1.29, 1.82) is 0 Å². The number of hydrogen-bond donors (Lipinski definition) is 1. The van der Waals surface area contributed by atoms with Crippen LogP contribution in [0.2, 0.25) is 0 Å². The van der Waals surface area contributed by atoms with Crippen LogP contribution in [-0.4, -0.2) is 30.0 Å². The number of rotatable bonds is 9. The van der Waals surface area contributed by atoms with E-state index in [4.69, 9.17) is 13.9 Å². The molecule has 180 valence electrons. The van der Waals surface area contributed by atoms with Gasteiger partial charge in [-0.2, -0.15) is 5.10 Å². The normalized spacial score (nSPS) is 11.2. The van der Waals surface area contributed by atoms with Crippen molar-refractivity contribution in [2.24, 2.45) is 5.10 Å². The molecule has 0 radical (unpaired) electrons. The van der Waals surface area contributed by atoms with Gasteiger partial charge in [0.15, 0.2) is 17.1 Å². The van der Waals surface area contributed by atoms with Crippen LogP contribution in [0.4, 0.5) is 0 Å². The number of methoxy groups -OCH3 is 1. The fourth-order valence-electron chi connectivity index (χ4n) is 3.76. The average Bonchev–Trinajstić information content (AvgIpc) is 3.34. The Hall–Kier alpha value is -4.30. The molecule has 7 nitrogen and oxygen atoms in total. The smallest absolute Gasteiger partial charge is 0.257 e. The topological polar surface area (TPSA) is 86.0 Å². The van der Waals surface area contributed by atoms with Gasteiger partial charge in [0.1, 0.15) is 12.1 Å². The highest BCUT2D eigenvalue weighted by Gasteiger charge is 2.12. The van der Waals surface area contributed by atoms with E-state index in [9.17, 15) is 4.79 Å². The summed E-state index contributed by atoms with van der Waals surface area (Å²) in [5.74, 6) is 0.968. The summed E-state index contributed by atoms with van der Waals surface area (Å²) in [6.45, 7) is 0.357. The van der Waals surface area contributed by atoms with Crippen LogP contribution in [0.3, 0.4) is 0 Å². The molecule has 1 heterocycles. The zero-order valence-electron chi connectivity index (χ0n) is 19.5. The van der Waals surface area contributed by atoms with Crippen LogP contribution in [0.15, 0.2) is 99.7 Å². The molecule has 0 spiro atoms. The number of benzene rings is 4. The molecule has 0 aliphatic carbocycles. The molecule has 0 aliphatic rings. The van der Waals surface area contributed by atoms with E-state index < -0.39 is 0 Å². The Kier molecular flexibility index (Phi) is 7.14. The SMILES string of the molecule is COc1cccc(/C=N\NC(=O)CSc2nc3ccccc3o2)c1OCc1cccc2ccccc12. The number of carbonyl (C=O) groups excluding carboxylic acids is 1. The van der Waals surface area contributed by atoms with Crippen molar-refractivity contribution < 1.29 is 18.7 Å². The zero-order chi connectivity index (χ0) is 24.7. The van der Waals surface area contributed by atoms with Gasteiger partial charge in [-0.3, -0.25) is 4.79 Å². The number of hydrazone groups is 1. The fraction of sp³-hybridized carbons (Fsp3) is 0.107. The molecule has 5 rings (SSSR count). The summed E-state index contributed by atoms with van der Waals surface area (Å²) in [5.41, 5.74) is 5.73. The maximum absolute atomic E-state index is 12.3. The Balaban J connectivity index is 1.24. The van der Waals surface area contributed by atoms with Crippen molar-refractivity contribution >= 4 is 45.8 Å². The van der Waals surface area contributed by atoms with Crippen LogP contribution in [0.5, 0.6) is 11.5 Å². The highest BCUT2D eigenvalue weighted by Crippen LogP contribution is 2.31. The minimum atomic E-state index is -0.278. The fourth-order valence-corrected chi connectivity index (χ4v) is 4.39. The lowest BCUT2D eigenvalue weighted by Crippen LogP contribution is -2.19. The maximum Gasteiger partial charge on any atom is 0.257 e. The molecule has 5 aromatic rings. The van der Waals surface area contributed by atoms with Crippen molar-refractivity contribution in [2.45, 2.75) is 11.8 Å². The van der Waals surface area contributed by atoms with Gasteiger partial charge in [-0.05, 0) is 40.6 Å². The van der Waals surface area contributed by atoms with Crippen molar-refractivity contribution in [3.05, 3.63) is 96.1 Å². The van der Waals surface area contributed by atoms with E-state index in [0.717, 1.165) is 21.9 Å². The van der Waals surface area contributed by atoms with E-state index >= 15 is 0 Å². The predicted molar refractivity (Wildman–Crippen MR) is 142 cm³/mol. The number of nitrogens with zero attached hydrogens (tertiary/aromatic N) is 2. The van der Waals surface area contributed by atoms with E-state index in [1.807, 2.05) is 66.7 Å². The molecule has 0 bridgehead atoms. The van der Waals surface area contributed by atoms with Gasteiger partial charge in [-0.1, -0.05) is 72.4 Å². The molecule has 8 heteroatoms. The van der Waals surface area contributed by atoms with Gasteiger partial charge in [0.25, 0.3) is 11.1 Å². The first-order valence-corrected chi connectivity index (χ1v) is 12.3. The zero-order valence-corrected chi connectivity index (χ0v) is 20.3. The molecule has 36 heavy (non-hydrogen) atoms. The van der Waals surface area contributed by atoms with Crippen molar-refractivity contribution in [2.75, 3.05) is 12.9 Å². The first-order chi connectivity index (χ1) is 17.7. The molecule has 1 amide bonds. The lowest BCUT2D eigenvalue weighted by atomic mass is 10.1. The van der Waals surface area contributed by atoms with Gasteiger partial charge in [0.2, 0.25) is 0 Å². The van der Waals surface area contributed by atoms with Crippen LogP contribution in [0.25, 0.3) is 21.9 Å². The summed E-state index contributed by atoms with van der Waals surface area (Å²) in [6.07, 6.45) is 1.54. The minimum absolute atomic E-state index is 0.118. The van der Waals surface area contributed by atoms with E-state index in [2.05, 4.69) is 33.7 Å². The second-order valence-corrected chi connectivity index (χ2v) is 8.76. The largest absolute Gasteiger partial charge is 0.493 e. The van der Waals surface area contributed by atoms with Crippen LogP contribution in [-0.2, 0) is 11.4 Å². The first-order valence-electron chi connectivity index (χ1n) is 11.3. The number of thioether (sulfide) groups is 1. The number of aromatic nitrogens is 1. The molecular formula is C28H23N3O4S. The maximum atomic E-state index is 12.3.